The number of anilines is 2. The first kappa shape index (κ1) is 23.2. The summed E-state index contributed by atoms with van der Waals surface area (Å²) in [6.45, 7) is 3.82. The van der Waals surface area contributed by atoms with Gasteiger partial charge in [-0.05, 0) is 50.8 Å². The number of carbonyl (C=O) groups is 2. The molecule has 1 aromatic heterocycles. The molecule has 0 bridgehead atoms. The molecule has 1 heterocycles. The Morgan fingerprint density at radius 3 is 2.67 bits per heavy atom. The van der Waals surface area contributed by atoms with Gasteiger partial charge in [0.15, 0.2) is 5.13 Å². The second kappa shape index (κ2) is 9.77. The van der Waals surface area contributed by atoms with Crippen molar-refractivity contribution in [2.45, 2.75) is 48.5 Å². The number of thiazole rings is 1. The maximum atomic E-state index is 13.1. The van der Waals surface area contributed by atoms with Crippen LogP contribution in [-0.2, 0) is 4.79 Å². The van der Waals surface area contributed by atoms with Crippen molar-refractivity contribution < 1.29 is 14.7 Å². The number of carbonyl (C=O) groups excluding carboxylic acids is 1. The summed E-state index contributed by atoms with van der Waals surface area (Å²) in [5.74, 6) is -0.493. The zero-order valence-electron chi connectivity index (χ0n) is 16.7. The predicted octanol–water partition coefficient (Wildman–Crippen LogP) is 6.63. The molecule has 1 saturated carbocycles. The Labute approximate surface area is 194 Å². The summed E-state index contributed by atoms with van der Waals surface area (Å²) < 4.78 is -0.274. The molecule has 0 spiro atoms. The van der Waals surface area contributed by atoms with E-state index in [1.165, 1.54) is 35.9 Å². The van der Waals surface area contributed by atoms with Gasteiger partial charge >= 0.3 is 12.0 Å². The van der Waals surface area contributed by atoms with Crippen LogP contribution in [0.4, 0.5) is 15.6 Å². The molecular formula is C20H23Cl2N3O3S2. The summed E-state index contributed by atoms with van der Waals surface area (Å²) in [4.78, 5) is 30.4. The Morgan fingerprint density at radius 1 is 1.33 bits per heavy atom. The molecule has 10 heteroatoms. The number of amides is 2. The van der Waals surface area contributed by atoms with Gasteiger partial charge in [-0.3, -0.25) is 15.0 Å². The van der Waals surface area contributed by atoms with Gasteiger partial charge in [0, 0.05) is 11.6 Å². The number of carboxylic acid groups (broad SMARTS) is 1. The number of halogens is 2. The molecule has 1 aliphatic carbocycles. The minimum Gasteiger partial charge on any atom is -0.480 e. The van der Waals surface area contributed by atoms with Crippen molar-refractivity contribution >= 4 is 69.1 Å². The normalized spacial score (nSPS) is 14.7. The number of thioether (sulfide) groups is 1. The van der Waals surface area contributed by atoms with Crippen molar-refractivity contribution in [3.8, 4) is 0 Å². The molecule has 2 N–H and O–H groups in total. The average molecular weight is 488 g/mol. The van der Waals surface area contributed by atoms with Crippen LogP contribution < -0.4 is 10.2 Å². The molecule has 3 rings (SSSR count). The summed E-state index contributed by atoms with van der Waals surface area (Å²) >= 11 is 14.8. The Morgan fingerprint density at radius 2 is 2.03 bits per heavy atom. The summed E-state index contributed by atoms with van der Waals surface area (Å²) in [6.07, 6.45) is 6.07. The molecule has 0 atom stereocenters. The third-order valence-electron chi connectivity index (χ3n) is 4.93. The van der Waals surface area contributed by atoms with Crippen molar-refractivity contribution in [2.75, 3.05) is 16.8 Å². The highest BCUT2D eigenvalue weighted by Gasteiger charge is 2.30. The van der Waals surface area contributed by atoms with Crippen LogP contribution in [0.25, 0.3) is 0 Å². The molecule has 0 saturated heterocycles. The molecule has 0 aliphatic heterocycles. The molecule has 30 heavy (non-hydrogen) atoms. The fraction of sp³-hybridized carbons (Fsp3) is 0.450. The smallest absolute Gasteiger partial charge is 0.328 e. The quantitative estimate of drug-likeness (QED) is 0.427. The van der Waals surface area contributed by atoms with Crippen LogP contribution in [-0.4, -0.2) is 33.4 Å². The van der Waals surface area contributed by atoms with Crippen molar-refractivity contribution in [3.63, 3.8) is 0 Å². The Balaban J connectivity index is 1.77. The van der Waals surface area contributed by atoms with Crippen molar-refractivity contribution in [1.29, 1.82) is 0 Å². The second-order valence-electron chi connectivity index (χ2n) is 7.69. The lowest BCUT2D eigenvalue weighted by Crippen LogP contribution is -2.38. The Hall–Kier alpha value is -1.48. The van der Waals surface area contributed by atoms with Gasteiger partial charge in [0.1, 0.15) is 4.75 Å². The van der Waals surface area contributed by atoms with Crippen LogP contribution in [0.15, 0.2) is 28.6 Å². The topological polar surface area (TPSA) is 82.5 Å². The SMILES string of the molecule is CC(C)(Sc1cnc(NC(=O)N(CC2CCCC2)c2ccc(Cl)cc2Cl)s1)C(=O)O. The lowest BCUT2D eigenvalue weighted by atomic mass is 10.1. The number of hydrogen-bond donors (Lipinski definition) is 2. The Bertz CT molecular complexity index is 930. The van der Waals surface area contributed by atoms with E-state index in [9.17, 15) is 14.7 Å². The van der Waals surface area contributed by atoms with E-state index in [-0.39, 0.29) is 6.03 Å². The van der Waals surface area contributed by atoms with Gasteiger partial charge in [-0.1, -0.05) is 59.1 Å². The first-order valence-corrected chi connectivity index (χ1v) is 12.0. The van der Waals surface area contributed by atoms with E-state index in [1.54, 1.807) is 43.1 Å². The van der Waals surface area contributed by atoms with Gasteiger partial charge < -0.3 is 5.11 Å². The summed E-state index contributed by atoms with van der Waals surface area (Å²) in [5, 5.41) is 13.5. The number of hydrogen-bond acceptors (Lipinski definition) is 5. The fourth-order valence-corrected chi connectivity index (χ4v) is 6.03. The van der Waals surface area contributed by atoms with E-state index in [4.69, 9.17) is 23.2 Å². The third kappa shape index (κ3) is 5.81. The number of nitrogens with one attached hydrogen (secondary N) is 1. The predicted molar refractivity (Wildman–Crippen MR) is 124 cm³/mol. The van der Waals surface area contributed by atoms with Crippen LogP contribution in [0.1, 0.15) is 39.5 Å². The zero-order chi connectivity index (χ0) is 21.9. The number of carboxylic acids is 1. The molecular weight excluding hydrogens is 465 g/mol. The van der Waals surface area contributed by atoms with E-state index in [0.29, 0.717) is 37.5 Å². The monoisotopic (exact) mass is 487 g/mol. The summed E-state index contributed by atoms with van der Waals surface area (Å²) in [5.41, 5.74) is 0.601. The molecule has 6 nitrogen and oxygen atoms in total. The van der Waals surface area contributed by atoms with Gasteiger partial charge in [0.05, 0.1) is 21.1 Å². The molecule has 0 radical (unpaired) electrons. The lowest BCUT2D eigenvalue weighted by Gasteiger charge is -2.26. The number of aromatic nitrogens is 1. The maximum absolute atomic E-state index is 13.1. The minimum absolute atomic E-state index is 0.325. The van der Waals surface area contributed by atoms with Crippen molar-refractivity contribution in [2.24, 2.45) is 5.92 Å². The standard InChI is InChI=1S/C20H23Cl2N3O3S2/c1-20(2,17(26)27)30-16-10-23-18(29-16)24-19(28)25(11-12-5-3-4-6-12)15-8-7-13(21)9-14(15)22/h7-10,12H,3-6,11H2,1-2H3,(H,26,27)(H,23,24,28). The van der Waals surface area contributed by atoms with Crippen LogP contribution in [0.2, 0.25) is 10.0 Å². The fourth-order valence-electron chi connectivity index (χ4n) is 3.26. The molecule has 1 aromatic carbocycles. The van der Waals surface area contributed by atoms with Crippen LogP contribution in [0.5, 0.6) is 0 Å². The van der Waals surface area contributed by atoms with Gasteiger partial charge in [-0.15, -0.1) is 0 Å². The molecule has 162 valence electrons. The van der Waals surface area contributed by atoms with Crippen molar-refractivity contribution in [1.82, 2.24) is 4.98 Å². The maximum Gasteiger partial charge on any atom is 0.328 e. The summed E-state index contributed by atoms with van der Waals surface area (Å²) in [6, 6.07) is 4.76. The Kier molecular flexibility index (Phi) is 7.55. The van der Waals surface area contributed by atoms with Gasteiger partial charge in [-0.2, -0.15) is 0 Å². The van der Waals surface area contributed by atoms with Crippen molar-refractivity contribution in [3.05, 3.63) is 34.4 Å². The van der Waals surface area contributed by atoms with E-state index in [1.807, 2.05) is 0 Å². The average Bonchev–Trinajstić information content (AvgIpc) is 3.32. The molecule has 0 unspecified atom stereocenters. The number of benzene rings is 1. The second-order valence-corrected chi connectivity index (χ2v) is 11.5. The number of rotatable bonds is 7. The highest BCUT2D eigenvalue weighted by molar-refractivity contribution is 8.03. The third-order valence-corrected chi connectivity index (χ3v) is 7.67. The van der Waals surface area contributed by atoms with Crippen LogP contribution >= 0.6 is 46.3 Å². The first-order chi connectivity index (χ1) is 14.2. The van der Waals surface area contributed by atoms with Gasteiger partial charge in [-0.25, -0.2) is 9.78 Å². The molecule has 2 amide bonds. The molecule has 2 aromatic rings. The lowest BCUT2D eigenvalue weighted by molar-refractivity contribution is -0.138. The van der Waals surface area contributed by atoms with Crippen LogP contribution in [0.3, 0.4) is 0 Å². The number of nitrogens with zero attached hydrogens (tertiary/aromatic N) is 2. The van der Waals surface area contributed by atoms with E-state index < -0.39 is 10.7 Å². The highest BCUT2D eigenvalue weighted by atomic mass is 35.5. The summed E-state index contributed by atoms with van der Waals surface area (Å²) in [7, 11) is 0. The van der Waals surface area contributed by atoms with Gasteiger partial charge in [0.25, 0.3) is 0 Å². The van der Waals surface area contributed by atoms with Gasteiger partial charge in [0.2, 0.25) is 0 Å². The van der Waals surface area contributed by atoms with Crippen LogP contribution in [0, 0.1) is 5.92 Å². The molecule has 1 fully saturated rings. The number of urea groups is 1. The first-order valence-electron chi connectivity index (χ1n) is 9.57. The van der Waals surface area contributed by atoms with E-state index in [0.717, 1.165) is 12.8 Å². The highest BCUT2D eigenvalue weighted by Crippen LogP contribution is 2.38. The zero-order valence-corrected chi connectivity index (χ0v) is 19.8. The number of aliphatic carboxylic acids is 1. The largest absolute Gasteiger partial charge is 0.480 e. The minimum atomic E-state index is -0.987. The van der Waals surface area contributed by atoms with E-state index in [2.05, 4.69) is 10.3 Å². The molecule has 1 aliphatic rings. The van der Waals surface area contributed by atoms with E-state index >= 15 is 0 Å².